The van der Waals surface area contributed by atoms with E-state index < -0.39 is 0 Å². The van der Waals surface area contributed by atoms with Crippen LogP contribution in [0.5, 0.6) is 0 Å². The van der Waals surface area contributed by atoms with Crippen molar-refractivity contribution < 1.29 is 43.3 Å². The third kappa shape index (κ3) is 205. The number of rotatable bonds is 1. The molecule has 0 radical (unpaired) electrons. The summed E-state index contributed by atoms with van der Waals surface area (Å²) in [6, 6.07) is 0. The Kier molecular flexibility index (Phi) is 565. The van der Waals surface area contributed by atoms with Gasteiger partial charge in [0.05, 0.1) is 6.61 Å². The molecule has 0 rings (SSSR count). The fourth-order valence-corrected chi connectivity index (χ4v) is 0. The van der Waals surface area contributed by atoms with Gasteiger partial charge in [-0.25, -0.2) is 0 Å². The van der Waals surface area contributed by atoms with Gasteiger partial charge in [0.25, 0.3) is 0 Å². The Balaban J connectivity index is -0.00000000450. The minimum absolute atomic E-state index is 0. The van der Waals surface area contributed by atoms with Gasteiger partial charge < -0.3 is 27.7 Å². The molecular weight excluding hydrogens is 162 g/mol. The topological polar surface area (TPSA) is 150 Å². The summed E-state index contributed by atoms with van der Waals surface area (Å²) in [5, 5.41) is 7.76. The molecule has 6 heteroatoms. The fourth-order valence-electron chi connectivity index (χ4n) is 0. The van der Waals surface area contributed by atoms with Gasteiger partial charge in [-0.05, 0) is 0 Å². The zero-order chi connectivity index (χ0) is 3.41. The first-order chi connectivity index (χ1) is 1.91. The summed E-state index contributed by atoms with van der Waals surface area (Å²) in [5.74, 6) is 0. The first kappa shape index (κ1) is 59.5. The van der Waals surface area contributed by atoms with Crippen LogP contribution < -0.4 is 6.15 Å². The van der Waals surface area contributed by atoms with Crippen molar-refractivity contribution in [1.82, 2.24) is 6.15 Å². The molecule has 0 atom stereocenters. The quantitative estimate of drug-likeness (QED) is 0.346. The molecule has 0 bridgehead atoms. The van der Waals surface area contributed by atoms with E-state index in [4.69, 9.17) is 5.11 Å². The first-order valence-electron chi connectivity index (χ1n) is 1.13. The van der Waals surface area contributed by atoms with E-state index in [0.717, 1.165) is 0 Å². The summed E-state index contributed by atoms with van der Waals surface area (Å²) < 4.78 is 0. The molecule has 0 aliphatic heterocycles. The number of aliphatic hydroxyl groups excluding tert-OH is 1. The Bertz CT molecular complexity index is 29.8. The molecule has 0 aliphatic rings. The van der Waals surface area contributed by atoms with Gasteiger partial charge in [-0.1, -0.05) is 6.08 Å². The molecule has 0 saturated carbocycles. The molecule has 0 heterocycles. The maximum absolute atomic E-state index is 7.76. The Hall–Kier alpha value is 0.254. The predicted molar refractivity (Wildman–Crippen MR) is 33.1 cm³/mol. The molecule has 0 unspecified atom stereocenters. The van der Waals surface area contributed by atoms with E-state index in [0.29, 0.717) is 0 Å². The van der Waals surface area contributed by atoms with E-state index in [9.17, 15) is 0 Å². The smallest absolute Gasteiger partial charge is 0.0609 e. The van der Waals surface area contributed by atoms with Gasteiger partial charge in [0.1, 0.15) is 0 Å². The Morgan fingerprint density at radius 1 is 1.22 bits per heavy atom. The van der Waals surface area contributed by atoms with Gasteiger partial charge in [0, 0.05) is 21.7 Å². The van der Waals surface area contributed by atoms with E-state index in [1.807, 2.05) is 0 Å². The molecule has 0 aliphatic carbocycles. The van der Waals surface area contributed by atoms with Crippen LogP contribution in [0, 0.1) is 0 Å². The monoisotopic (exact) mass is 177 g/mol. The minimum Gasteiger partial charge on any atom is -0.412 e. The first-order valence-corrected chi connectivity index (χ1v) is 1.13. The molecule has 0 fully saturated rings. The molecule has 10 N–H and O–H groups in total. The maximum atomic E-state index is 7.76. The van der Waals surface area contributed by atoms with Crippen LogP contribution in [0.15, 0.2) is 12.7 Å². The predicted octanol–water partition coefficient (Wildman–Crippen LogP) is -2.15. The summed E-state index contributed by atoms with van der Waals surface area (Å²) >= 11 is 0. The number of hydrogen-bond donors (Lipinski definition) is 2. The normalized spacial score (nSPS) is 2.78. The molecular formula is C3H15NO4Ti. The second-order valence-electron chi connectivity index (χ2n) is 0.471. The zero-order valence-corrected chi connectivity index (χ0v) is 6.71. The Morgan fingerprint density at radius 3 is 1.33 bits per heavy atom. The number of aliphatic hydroxyl groups is 1. The van der Waals surface area contributed by atoms with Gasteiger partial charge >= 0.3 is 0 Å². The molecule has 0 aromatic rings. The van der Waals surface area contributed by atoms with Crippen LogP contribution in [0.1, 0.15) is 0 Å². The van der Waals surface area contributed by atoms with Gasteiger partial charge in [-0.3, -0.25) is 0 Å². The second-order valence-corrected chi connectivity index (χ2v) is 0.471. The van der Waals surface area contributed by atoms with Crippen LogP contribution >= 0.6 is 0 Å². The average Bonchev–Trinajstić information content (AvgIpc) is 1.37. The van der Waals surface area contributed by atoms with Crippen molar-refractivity contribution in [3.05, 3.63) is 12.7 Å². The standard InChI is InChI=1S/C3H6O.H3N.3H2O.Ti/c1-2-3-4;;;;;/h2,4H,1,3H2;1H3;3*1H2;. The maximum Gasteiger partial charge on any atom is 0.0609 e. The molecule has 0 aromatic carbocycles. The van der Waals surface area contributed by atoms with E-state index in [2.05, 4.69) is 6.58 Å². The van der Waals surface area contributed by atoms with Crippen molar-refractivity contribution >= 4 is 0 Å². The Morgan fingerprint density at radius 2 is 1.33 bits per heavy atom. The molecule has 5 nitrogen and oxygen atoms in total. The summed E-state index contributed by atoms with van der Waals surface area (Å²) in [6.45, 7) is 3.31. The summed E-state index contributed by atoms with van der Waals surface area (Å²) in [5.41, 5.74) is 0. The van der Waals surface area contributed by atoms with Crippen LogP contribution in [0.4, 0.5) is 0 Å². The van der Waals surface area contributed by atoms with Gasteiger partial charge in [0.2, 0.25) is 0 Å². The Labute approximate surface area is 69.2 Å². The molecule has 0 aromatic heterocycles. The van der Waals surface area contributed by atoms with Crippen molar-refractivity contribution in [3.63, 3.8) is 0 Å². The van der Waals surface area contributed by atoms with Crippen LogP contribution in [-0.2, 0) is 21.7 Å². The van der Waals surface area contributed by atoms with Crippen molar-refractivity contribution in [2.24, 2.45) is 0 Å². The largest absolute Gasteiger partial charge is 0.412 e. The summed E-state index contributed by atoms with van der Waals surface area (Å²) in [4.78, 5) is 0. The van der Waals surface area contributed by atoms with Crippen molar-refractivity contribution in [3.8, 4) is 0 Å². The van der Waals surface area contributed by atoms with Crippen molar-refractivity contribution in [2.75, 3.05) is 6.61 Å². The third-order valence-electron chi connectivity index (χ3n) is 0.129. The molecule has 0 amide bonds. The van der Waals surface area contributed by atoms with Crippen molar-refractivity contribution in [2.45, 2.75) is 0 Å². The van der Waals surface area contributed by atoms with Crippen molar-refractivity contribution in [1.29, 1.82) is 0 Å². The minimum atomic E-state index is 0. The van der Waals surface area contributed by atoms with Crippen LogP contribution in [0.25, 0.3) is 0 Å². The van der Waals surface area contributed by atoms with E-state index in [-0.39, 0.29) is 50.9 Å². The van der Waals surface area contributed by atoms with Crippen LogP contribution in [-0.4, -0.2) is 28.1 Å². The van der Waals surface area contributed by atoms with Crippen LogP contribution in [0.3, 0.4) is 0 Å². The van der Waals surface area contributed by atoms with E-state index in [1.165, 1.54) is 6.08 Å². The molecule has 0 spiro atoms. The van der Waals surface area contributed by atoms with Gasteiger partial charge in [-0.2, -0.15) is 0 Å². The zero-order valence-electron chi connectivity index (χ0n) is 5.15. The molecule has 0 saturated heterocycles. The van der Waals surface area contributed by atoms with Gasteiger partial charge in [0.15, 0.2) is 0 Å². The van der Waals surface area contributed by atoms with E-state index in [1.54, 1.807) is 0 Å². The summed E-state index contributed by atoms with van der Waals surface area (Å²) in [7, 11) is 0. The van der Waals surface area contributed by atoms with Crippen LogP contribution in [0.2, 0.25) is 0 Å². The van der Waals surface area contributed by atoms with E-state index >= 15 is 0 Å². The molecule has 60 valence electrons. The average molecular weight is 177 g/mol. The fraction of sp³-hybridized carbons (Fsp3) is 0.333. The number of hydrogen-bond acceptors (Lipinski definition) is 2. The molecule has 9 heavy (non-hydrogen) atoms. The second kappa shape index (κ2) is 85.5. The van der Waals surface area contributed by atoms with Gasteiger partial charge in [-0.15, -0.1) is 6.58 Å². The third-order valence-corrected chi connectivity index (χ3v) is 0.129. The summed E-state index contributed by atoms with van der Waals surface area (Å²) in [6.07, 6.45) is 1.43. The SMILES string of the molecule is C=CCO.N.O.O.O.[Ti].